The van der Waals surface area contributed by atoms with E-state index in [1.54, 1.807) is 49.5 Å². The normalized spacial score (nSPS) is 13.7. The van der Waals surface area contributed by atoms with E-state index in [2.05, 4.69) is 0 Å². The molecule has 57 heavy (non-hydrogen) atoms. The van der Waals surface area contributed by atoms with Gasteiger partial charge in [0, 0.05) is 0 Å². The van der Waals surface area contributed by atoms with Gasteiger partial charge in [-0.05, 0) is 84.1 Å². The largest absolute Gasteiger partial charge is 0.416 e. The molecular weight excluding hydrogens is 801 g/mol. The third-order valence-corrected chi connectivity index (χ3v) is 20.1. The van der Waals surface area contributed by atoms with Crippen molar-refractivity contribution < 1.29 is 52.7 Å². The van der Waals surface area contributed by atoms with Crippen molar-refractivity contribution in [3.8, 4) is 11.1 Å². The van der Waals surface area contributed by atoms with E-state index in [-0.39, 0.29) is 27.2 Å². The van der Waals surface area contributed by atoms with Crippen LogP contribution in [0.15, 0.2) is 133 Å². The van der Waals surface area contributed by atoms with Gasteiger partial charge in [0.1, 0.15) is 16.1 Å². The minimum absolute atomic E-state index is 0.0675. The molecule has 0 saturated carbocycles. The van der Waals surface area contributed by atoms with E-state index in [0.717, 1.165) is 48.5 Å². The van der Waals surface area contributed by atoms with Crippen molar-refractivity contribution in [2.45, 2.75) is 44.2 Å². The number of hydrogen-bond acceptors (Lipinski definition) is 0. The summed E-state index contributed by atoms with van der Waals surface area (Å²) < 4.78 is 170. The van der Waals surface area contributed by atoms with Crippen LogP contribution in [0.1, 0.15) is 33.4 Å². The van der Waals surface area contributed by atoms with Crippen molar-refractivity contribution >= 4 is 47.3 Å². The van der Waals surface area contributed by atoms with Gasteiger partial charge in [0.2, 0.25) is 0 Å². The van der Waals surface area contributed by atoms with Crippen LogP contribution in [0.25, 0.3) is 11.1 Å². The fraction of sp³-hybridized carbons (Fsp3) is 0.163. The second kappa shape index (κ2) is 13.8. The number of hydrogen-bond donors (Lipinski definition) is 0. The molecular formula is C43H30F12Si2. The standard InChI is InChI=1S/C43H30F12Si2/c1-56(30-13-3-9-26(21-30)40(44,45)46,31-14-4-10-27(22-31)41(47,48)49)38-19-7-17-34-35-18-8-20-39(37(35)25-36(34)38)57(2,32-15-5-11-28(23-32)42(50,51)52)33-16-6-12-29(24-33)43(53,54)55/h3-24H,25H2,1-2H3. The Hall–Kier alpha value is -5.09. The van der Waals surface area contributed by atoms with E-state index >= 15 is 0 Å². The first-order chi connectivity index (χ1) is 26.5. The first-order valence-corrected chi connectivity index (χ1v) is 22.5. The van der Waals surface area contributed by atoms with Crippen molar-refractivity contribution in [3.05, 3.63) is 167 Å². The summed E-state index contributed by atoms with van der Waals surface area (Å²) in [7, 11) is -7.56. The van der Waals surface area contributed by atoms with E-state index in [0.29, 0.717) is 32.6 Å². The zero-order valence-corrected chi connectivity index (χ0v) is 31.9. The van der Waals surface area contributed by atoms with Gasteiger partial charge in [-0.3, -0.25) is 0 Å². The lowest BCUT2D eigenvalue weighted by molar-refractivity contribution is -0.138. The molecule has 294 valence electrons. The molecule has 0 heterocycles. The number of benzene rings is 6. The summed E-state index contributed by atoms with van der Waals surface area (Å²) in [5.74, 6) is 0. The van der Waals surface area contributed by atoms with E-state index < -0.39 is 63.1 Å². The zero-order chi connectivity index (χ0) is 41.3. The molecule has 0 aliphatic heterocycles. The molecule has 0 radical (unpaired) electrons. The average molecular weight is 831 g/mol. The van der Waals surface area contributed by atoms with Crippen LogP contribution in [0.3, 0.4) is 0 Å². The maximum Gasteiger partial charge on any atom is 0.416 e. The van der Waals surface area contributed by atoms with Crippen molar-refractivity contribution in [3.63, 3.8) is 0 Å². The third kappa shape index (κ3) is 7.11. The Morgan fingerprint density at radius 3 is 0.842 bits per heavy atom. The maximum absolute atomic E-state index is 14.1. The fourth-order valence-electron chi connectivity index (χ4n) is 8.15. The Bertz CT molecular complexity index is 2210. The van der Waals surface area contributed by atoms with Crippen LogP contribution in [-0.4, -0.2) is 16.1 Å². The number of halogens is 12. The van der Waals surface area contributed by atoms with Gasteiger partial charge in [0.15, 0.2) is 0 Å². The summed E-state index contributed by atoms with van der Waals surface area (Å²) in [6.45, 7) is 3.36. The van der Waals surface area contributed by atoms with Crippen LogP contribution in [0.4, 0.5) is 52.7 Å². The van der Waals surface area contributed by atoms with E-state index in [9.17, 15) is 52.7 Å². The molecule has 7 rings (SSSR count). The lowest BCUT2D eigenvalue weighted by Crippen LogP contribution is -2.66. The first kappa shape index (κ1) is 40.1. The molecule has 0 saturated heterocycles. The predicted octanol–water partition coefficient (Wildman–Crippen LogP) is 9.53. The van der Waals surface area contributed by atoms with Crippen molar-refractivity contribution in [1.29, 1.82) is 0 Å². The Labute approximate surface area is 321 Å². The SMILES string of the molecule is C[Si](c1cccc(C(F)(F)F)c1)(c1cccc(C(F)(F)F)c1)c1cccc2c1Cc1c-2cccc1[Si](C)(c1cccc(C(F)(F)F)c1)c1cccc(C(F)(F)F)c1. The van der Waals surface area contributed by atoms with Gasteiger partial charge in [-0.15, -0.1) is 0 Å². The van der Waals surface area contributed by atoms with E-state index in [1.165, 1.54) is 48.5 Å². The molecule has 14 heteroatoms. The molecule has 0 spiro atoms. The molecule has 1 aliphatic rings. The molecule has 0 nitrogen and oxygen atoms in total. The molecule has 0 aromatic heterocycles. The van der Waals surface area contributed by atoms with Crippen LogP contribution in [-0.2, 0) is 31.1 Å². The van der Waals surface area contributed by atoms with Crippen LogP contribution in [0.5, 0.6) is 0 Å². The van der Waals surface area contributed by atoms with Gasteiger partial charge < -0.3 is 0 Å². The summed E-state index contributed by atoms with van der Waals surface area (Å²) in [4.78, 5) is 0. The molecule has 0 bridgehead atoms. The Morgan fingerprint density at radius 2 is 0.596 bits per heavy atom. The average Bonchev–Trinajstić information content (AvgIpc) is 3.55. The quantitative estimate of drug-likeness (QED) is 0.0891. The number of alkyl halides is 12. The molecule has 1 aliphatic carbocycles. The minimum Gasteiger partial charge on any atom is -0.166 e. The highest BCUT2D eigenvalue weighted by Crippen LogP contribution is 2.38. The second-order valence-electron chi connectivity index (χ2n) is 14.4. The van der Waals surface area contributed by atoms with Crippen LogP contribution in [0, 0.1) is 0 Å². The van der Waals surface area contributed by atoms with Crippen LogP contribution >= 0.6 is 0 Å². The first-order valence-electron chi connectivity index (χ1n) is 17.5. The molecule has 6 aromatic rings. The van der Waals surface area contributed by atoms with Crippen LogP contribution in [0.2, 0.25) is 13.1 Å². The number of rotatable bonds is 6. The summed E-state index contributed by atoms with van der Waals surface area (Å²) in [5, 5.41) is 1.79. The van der Waals surface area contributed by atoms with Gasteiger partial charge in [-0.25, -0.2) is 0 Å². The smallest absolute Gasteiger partial charge is 0.166 e. The van der Waals surface area contributed by atoms with Crippen LogP contribution < -0.4 is 31.1 Å². The van der Waals surface area contributed by atoms with E-state index in [4.69, 9.17) is 0 Å². The van der Waals surface area contributed by atoms with Crippen molar-refractivity contribution in [2.24, 2.45) is 0 Å². The highest BCUT2D eigenvalue weighted by Gasteiger charge is 2.45. The summed E-state index contributed by atoms with van der Waals surface area (Å²) >= 11 is 0. The maximum atomic E-state index is 14.1. The molecule has 0 unspecified atom stereocenters. The highest BCUT2D eigenvalue weighted by molar-refractivity contribution is 7.11. The third-order valence-electron chi connectivity index (χ3n) is 11.1. The highest BCUT2D eigenvalue weighted by atomic mass is 28.3. The van der Waals surface area contributed by atoms with Crippen molar-refractivity contribution in [2.75, 3.05) is 0 Å². The Balaban J connectivity index is 1.49. The Morgan fingerprint density at radius 1 is 0.351 bits per heavy atom. The molecule has 0 amide bonds. The van der Waals surface area contributed by atoms with E-state index in [1.807, 2.05) is 0 Å². The van der Waals surface area contributed by atoms with Gasteiger partial charge >= 0.3 is 24.7 Å². The second-order valence-corrected chi connectivity index (χ2v) is 22.3. The molecule has 0 fully saturated rings. The Kier molecular flexibility index (Phi) is 9.71. The monoisotopic (exact) mass is 830 g/mol. The summed E-state index contributed by atoms with van der Waals surface area (Å²) in [6, 6.07) is 28.4. The number of fused-ring (bicyclic) bond motifs is 3. The molecule has 0 N–H and O–H groups in total. The van der Waals surface area contributed by atoms with Gasteiger partial charge in [-0.1, -0.05) is 122 Å². The fourth-order valence-corrected chi connectivity index (χ4v) is 16.1. The topological polar surface area (TPSA) is 0 Å². The molecule has 6 aromatic carbocycles. The molecule has 0 atom stereocenters. The minimum atomic E-state index is -4.76. The van der Waals surface area contributed by atoms with Crippen molar-refractivity contribution in [1.82, 2.24) is 0 Å². The lowest BCUT2D eigenvalue weighted by atomic mass is 10.1. The summed E-state index contributed by atoms with van der Waals surface area (Å²) in [5.41, 5.74) is -1.47. The van der Waals surface area contributed by atoms with Gasteiger partial charge in [0.25, 0.3) is 0 Å². The zero-order valence-electron chi connectivity index (χ0n) is 29.9. The van der Waals surface area contributed by atoms with Gasteiger partial charge in [-0.2, -0.15) is 52.7 Å². The summed E-state index contributed by atoms with van der Waals surface area (Å²) in [6.07, 6.45) is -19.0. The predicted molar refractivity (Wildman–Crippen MR) is 201 cm³/mol. The van der Waals surface area contributed by atoms with Gasteiger partial charge in [0.05, 0.1) is 22.3 Å². The lowest BCUT2D eigenvalue weighted by Gasteiger charge is -2.33.